The molecular weight excluding hydrogens is 294 g/mol. The summed E-state index contributed by atoms with van der Waals surface area (Å²) in [5, 5.41) is 1.52. The van der Waals surface area contributed by atoms with Gasteiger partial charge in [0.05, 0.1) is 0 Å². The van der Waals surface area contributed by atoms with E-state index >= 15 is 0 Å². The van der Waals surface area contributed by atoms with Gasteiger partial charge in [-0.2, -0.15) is 0 Å². The van der Waals surface area contributed by atoms with Crippen molar-refractivity contribution in [3.8, 4) is 0 Å². The van der Waals surface area contributed by atoms with Crippen LogP contribution in [0.4, 0.5) is 0 Å². The number of benzene rings is 1. The van der Waals surface area contributed by atoms with Crippen molar-refractivity contribution in [2.45, 2.75) is 40.0 Å². The molecule has 0 aliphatic rings. The Morgan fingerprint density at radius 3 is 2.54 bits per heavy atom. The van der Waals surface area contributed by atoms with Gasteiger partial charge in [0.25, 0.3) is 0 Å². The van der Waals surface area contributed by atoms with Crippen LogP contribution in [0.25, 0.3) is 5.57 Å². The lowest BCUT2D eigenvalue weighted by Gasteiger charge is -2.14. The largest absolute Gasteiger partial charge is 0.401 e. The Bertz CT molecular complexity index is 594. The van der Waals surface area contributed by atoms with Crippen molar-refractivity contribution < 1.29 is 0 Å². The highest BCUT2D eigenvalue weighted by molar-refractivity contribution is 5.71. The van der Waals surface area contributed by atoms with Crippen LogP contribution in [0.1, 0.15) is 44.2 Å². The number of hydrazine groups is 1. The molecule has 0 heterocycles. The van der Waals surface area contributed by atoms with Gasteiger partial charge >= 0.3 is 0 Å². The van der Waals surface area contributed by atoms with Gasteiger partial charge in [0, 0.05) is 18.1 Å². The van der Waals surface area contributed by atoms with Crippen molar-refractivity contribution in [1.29, 1.82) is 0 Å². The van der Waals surface area contributed by atoms with Gasteiger partial charge in [-0.3, -0.25) is 5.01 Å². The quantitative estimate of drug-likeness (QED) is 0.386. The first-order valence-electron chi connectivity index (χ1n) is 8.53. The molecule has 0 amide bonds. The Balaban J connectivity index is 2.45. The average Bonchev–Trinajstić information content (AvgIpc) is 2.55. The van der Waals surface area contributed by atoms with Crippen molar-refractivity contribution in [3.05, 3.63) is 78.3 Å². The van der Waals surface area contributed by atoms with Crippen molar-refractivity contribution in [2.24, 2.45) is 17.5 Å². The third-order valence-corrected chi connectivity index (χ3v) is 3.88. The maximum atomic E-state index is 6.03. The number of hydrogen-bond donors (Lipinski definition) is 2. The third-order valence-electron chi connectivity index (χ3n) is 3.88. The van der Waals surface area contributed by atoms with Crippen LogP contribution in [0, 0.1) is 12.8 Å². The summed E-state index contributed by atoms with van der Waals surface area (Å²) in [6.45, 7) is 10.4. The van der Waals surface area contributed by atoms with Crippen molar-refractivity contribution in [3.63, 3.8) is 0 Å². The van der Waals surface area contributed by atoms with Crippen molar-refractivity contribution in [1.82, 2.24) is 5.01 Å². The third kappa shape index (κ3) is 7.34. The minimum absolute atomic E-state index is 0.354. The van der Waals surface area contributed by atoms with E-state index in [1.165, 1.54) is 10.6 Å². The molecule has 0 aromatic heterocycles. The summed E-state index contributed by atoms with van der Waals surface area (Å²) in [5.74, 6) is 6.26. The van der Waals surface area contributed by atoms with Gasteiger partial charge in [-0.1, -0.05) is 74.9 Å². The zero-order valence-electron chi connectivity index (χ0n) is 15.2. The summed E-state index contributed by atoms with van der Waals surface area (Å²) < 4.78 is 0. The molecular formula is C21H31N3. The topological polar surface area (TPSA) is 55.3 Å². The normalized spacial score (nSPS) is 13.6. The number of rotatable bonds is 9. The predicted octanol–water partition coefficient (Wildman–Crippen LogP) is 4.88. The van der Waals surface area contributed by atoms with Gasteiger partial charge in [-0.25, -0.2) is 5.84 Å². The van der Waals surface area contributed by atoms with E-state index in [4.69, 9.17) is 11.6 Å². The molecule has 24 heavy (non-hydrogen) atoms. The molecule has 1 atom stereocenters. The maximum Gasteiger partial charge on any atom is 0.0396 e. The molecule has 0 fully saturated rings. The molecule has 3 nitrogen and oxygen atoms in total. The Hall–Kier alpha value is -2.26. The van der Waals surface area contributed by atoms with Gasteiger partial charge < -0.3 is 5.73 Å². The van der Waals surface area contributed by atoms with E-state index in [2.05, 4.69) is 57.7 Å². The number of nitrogens with two attached hydrogens (primary N) is 2. The number of allylic oxidation sites excluding steroid dienone is 5. The first-order chi connectivity index (χ1) is 11.4. The fourth-order valence-electron chi connectivity index (χ4n) is 2.28. The minimum Gasteiger partial charge on any atom is -0.401 e. The van der Waals surface area contributed by atoms with E-state index in [1.807, 2.05) is 18.4 Å². The second-order valence-corrected chi connectivity index (χ2v) is 6.18. The van der Waals surface area contributed by atoms with Gasteiger partial charge in [0.1, 0.15) is 0 Å². The van der Waals surface area contributed by atoms with E-state index in [9.17, 15) is 0 Å². The lowest BCUT2D eigenvalue weighted by Crippen LogP contribution is -2.22. The molecule has 0 saturated carbocycles. The lowest BCUT2D eigenvalue weighted by atomic mass is 10.0. The summed E-state index contributed by atoms with van der Waals surface area (Å²) in [6, 6.07) is 8.36. The van der Waals surface area contributed by atoms with Crippen LogP contribution in [-0.2, 0) is 0 Å². The first kappa shape index (κ1) is 19.8. The van der Waals surface area contributed by atoms with Crippen LogP contribution in [-0.4, -0.2) is 5.01 Å². The SMILES string of the molecule is C=C(/C=C/C/C=C/N(N)/C=C(\N)C(C)CCC)c1ccc(C)cc1. The van der Waals surface area contributed by atoms with Crippen LogP contribution in [0.3, 0.4) is 0 Å². The van der Waals surface area contributed by atoms with Crippen molar-refractivity contribution in [2.75, 3.05) is 0 Å². The van der Waals surface area contributed by atoms with E-state index in [1.54, 1.807) is 6.20 Å². The summed E-state index contributed by atoms with van der Waals surface area (Å²) >= 11 is 0. The molecule has 1 rings (SSSR count). The molecule has 0 radical (unpaired) electrons. The zero-order chi connectivity index (χ0) is 17.9. The Kier molecular flexibility index (Phi) is 8.66. The summed E-state index contributed by atoms with van der Waals surface area (Å²) in [5.41, 5.74) is 10.2. The molecule has 0 aliphatic carbocycles. The fraction of sp³-hybridized carbons (Fsp3) is 0.333. The minimum atomic E-state index is 0.354. The van der Waals surface area contributed by atoms with Crippen LogP contribution in [0.15, 0.2) is 67.2 Å². The number of nitrogens with zero attached hydrogens (tertiary/aromatic N) is 1. The Morgan fingerprint density at radius 1 is 1.25 bits per heavy atom. The van der Waals surface area contributed by atoms with Gasteiger partial charge in [0.15, 0.2) is 0 Å². The average molecular weight is 326 g/mol. The molecule has 4 N–H and O–H groups in total. The molecule has 1 aromatic carbocycles. The highest BCUT2D eigenvalue weighted by Crippen LogP contribution is 2.15. The van der Waals surface area contributed by atoms with E-state index in [0.29, 0.717) is 5.92 Å². The van der Waals surface area contributed by atoms with Gasteiger partial charge in [-0.05, 0) is 36.8 Å². The first-order valence-corrected chi connectivity index (χ1v) is 8.53. The molecule has 1 aromatic rings. The molecule has 130 valence electrons. The monoisotopic (exact) mass is 325 g/mol. The van der Waals surface area contributed by atoms with Crippen molar-refractivity contribution >= 4 is 5.57 Å². The Labute approximate surface area is 147 Å². The molecule has 0 spiro atoms. The van der Waals surface area contributed by atoms with Crippen LogP contribution >= 0.6 is 0 Å². The number of hydrogen-bond acceptors (Lipinski definition) is 3. The van der Waals surface area contributed by atoms with E-state index in [0.717, 1.165) is 36.1 Å². The van der Waals surface area contributed by atoms with Crippen LogP contribution in [0.5, 0.6) is 0 Å². The molecule has 0 aliphatic heterocycles. The summed E-state index contributed by atoms with van der Waals surface area (Å²) in [7, 11) is 0. The van der Waals surface area contributed by atoms with Crippen LogP contribution in [0.2, 0.25) is 0 Å². The summed E-state index contributed by atoms with van der Waals surface area (Å²) in [4.78, 5) is 0. The number of aryl methyl sites for hydroxylation is 1. The summed E-state index contributed by atoms with van der Waals surface area (Å²) in [6.07, 6.45) is 12.7. The predicted molar refractivity (Wildman–Crippen MR) is 105 cm³/mol. The molecule has 3 heteroatoms. The molecule has 0 bridgehead atoms. The molecule has 0 saturated heterocycles. The molecule has 1 unspecified atom stereocenters. The van der Waals surface area contributed by atoms with Gasteiger partial charge in [0.2, 0.25) is 0 Å². The second-order valence-electron chi connectivity index (χ2n) is 6.18. The maximum absolute atomic E-state index is 6.03. The second kappa shape index (κ2) is 10.5. The Morgan fingerprint density at radius 2 is 1.92 bits per heavy atom. The highest BCUT2D eigenvalue weighted by Gasteiger charge is 2.03. The van der Waals surface area contributed by atoms with Gasteiger partial charge in [-0.15, -0.1) is 0 Å². The fourth-order valence-corrected chi connectivity index (χ4v) is 2.28. The zero-order valence-corrected chi connectivity index (χ0v) is 15.2. The lowest BCUT2D eigenvalue weighted by molar-refractivity contribution is 0.508. The van der Waals surface area contributed by atoms with E-state index < -0.39 is 0 Å². The smallest absolute Gasteiger partial charge is 0.0396 e. The highest BCUT2D eigenvalue weighted by atomic mass is 15.4. The standard InChI is InChI=1S/C21H31N3/c1-5-9-19(4)21(22)16-24(23)15-8-6-7-10-18(3)20-13-11-17(2)12-14-20/h7-8,10-16,19H,3,5-6,9,22-23H2,1-2,4H3/b10-7+,15-8+,21-16-. The van der Waals surface area contributed by atoms with Crippen LogP contribution < -0.4 is 11.6 Å². The van der Waals surface area contributed by atoms with E-state index in [-0.39, 0.29) is 0 Å².